The van der Waals surface area contributed by atoms with Crippen LogP contribution in [0.15, 0.2) is 12.3 Å². The van der Waals surface area contributed by atoms with Gasteiger partial charge in [0, 0.05) is 21.3 Å². The van der Waals surface area contributed by atoms with Crippen LogP contribution in [0.3, 0.4) is 0 Å². The standard InChI is InChI=1S/C9H21NO3Si/c1-9(2)7-6-8-10-14(11-3,12-4)13-5/h6,8-10H,7H2,1-5H3. The Kier molecular flexibility index (Phi) is 6.82. The molecule has 0 saturated heterocycles. The van der Waals surface area contributed by atoms with Gasteiger partial charge in [-0.05, 0) is 18.5 Å². The van der Waals surface area contributed by atoms with Gasteiger partial charge < -0.3 is 18.3 Å². The molecule has 0 aromatic heterocycles. The van der Waals surface area contributed by atoms with Crippen molar-refractivity contribution < 1.29 is 13.3 Å². The molecule has 0 radical (unpaired) electrons. The molecule has 5 heteroatoms. The number of allylic oxidation sites excluding steroid dienone is 1. The van der Waals surface area contributed by atoms with Crippen molar-refractivity contribution in [2.45, 2.75) is 20.3 Å². The summed E-state index contributed by atoms with van der Waals surface area (Å²) in [5.74, 6) is 0.650. The zero-order chi connectivity index (χ0) is 11.0. The first kappa shape index (κ1) is 13.6. The lowest BCUT2D eigenvalue weighted by atomic mass is 10.1. The smallest absolute Gasteiger partial charge is 0.360 e. The number of nitrogens with one attached hydrogen (secondary N) is 1. The molecular formula is C9H21NO3Si. The van der Waals surface area contributed by atoms with E-state index in [2.05, 4.69) is 18.8 Å². The Morgan fingerprint density at radius 1 is 1.14 bits per heavy atom. The molecule has 0 aliphatic heterocycles. The van der Waals surface area contributed by atoms with Gasteiger partial charge in [0.2, 0.25) is 0 Å². The Bertz CT molecular complexity index is 161. The summed E-state index contributed by atoms with van der Waals surface area (Å²) in [7, 11) is 2.09. The third-order valence-electron chi connectivity index (χ3n) is 1.79. The van der Waals surface area contributed by atoms with E-state index < -0.39 is 8.97 Å². The maximum Gasteiger partial charge on any atom is 0.629 e. The molecule has 0 atom stereocenters. The van der Waals surface area contributed by atoms with E-state index in [0.29, 0.717) is 5.92 Å². The van der Waals surface area contributed by atoms with Crippen LogP contribution in [0.25, 0.3) is 0 Å². The van der Waals surface area contributed by atoms with Crippen LogP contribution in [0.5, 0.6) is 0 Å². The van der Waals surface area contributed by atoms with Gasteiger partial charge >= 0.3 is 8.97 Å². The van der Waals surface area contributed by atoms with E-state index in [0.717, 1.165) is 6.42 Å². The van der Waals surface area contributed by atoms with Gasteiger partial charge in [0.1, 0.15) is 0 Å². The van der Waals surface area contributed by atoms with Gasteiger partial charge in [0.25, 0.3) is 0 Å². The molecule has 0 aromatic rings. The van der Waals surface area contributed by atoms with Crippen molar-refractivity contribution in [2.75, 3.05) is 21.3 Å². The number of hydrogen-bond acceptors (Lipinski definition) is 4. The molecular weight excluding hydrogens is 198 g/mol. The van der Waals surface area contributed by atoms with Gasteiger partial charge in [0.05, 0.1) is 0 Å². The zero-order valence-corrected chi connectivity index (χ0v) is 10.7. The molecule has 14 heavy (non-hydrogen) atoms. The maximum atomic E-state index is 5.18. The summed E-state index contributed by atoms with van der Waals surface area (Å²) in [5, 5.41) is 0. The predicted molar refractivity (Wildman–Crippen MR) is 58.5 cm³/mol. The Balaban J connectivity index is 3.99. The highest BCUT2D eigenvalue weighted by Gasteiger charge is 2.38. The minimum Gasteiger partial charge on any atom is -0.360 e. The minimum atomic E-state index is -2.63. The zero-order valence-electron chi connectivity index (χ0n) is 9.66. The van der Waals surface area contributed by atoms with Crippen molar-refractivity contribution in [3.63, 3.8) is 0 Å². The lowest BCUT2D eigenvalue weighted by Crippen LogP contribution is -2.54. The highest BCUT2D eigenvalue weighted by atomic mass is 28.4. The summed E-state index contributed by atoms with van der Waals surface area (Å²) in [6.45, 7) is 4.33. The van der Waals surface area contributed by atoms with Crippen molar-refractivity contribution in [1.29, 1.82) is 0 Å². The third-order valence-corrected chi connectivity index (χ3v) is 3.92. The van der Waals surface area contributed by atoms with Crippen molar-refractivity contribution in [3.05, 3.63) is 12.3 Å². The van der Waals surface area contributed by atoms with Crippen LogP contribution in [-0.2, 0) is 13.3 Å². The highest BCUT2D eigenvalue weighted by Crippen LogP contribution is 2.02. The topological polar surface area (TPSA) is 39.7 Å². The van der Waals surface area contributed by atoms with E-state index in [1.807, 2.05) is 12.3 Å². The third kappa shape index (κ3) is 4.76. The molecule has 0 bridgehead atoms. The average Bonchev–Trinajstić information content (AvgIpc) is 2.19. The van der Waals surface area contributed by atoms with Gasteiger partial charge in [0.15, 0.2) is 0 Å². The average molecular weight is 219 g/mol. The molecule has 0 amide bonds. The Labute approximate surface area is 87.7 Å². The molecule has 0 fully saturated rings. The molecule has 0 aliphatic rings. The Hall–Kier alpha value is -0.363. The van der Waals surface area contributed by atoms with Gasteiger partial charge in [-0.2, -0.15) is 0 Å². The second-order valence-corrected chi connectivity index (χ2v) is 5.97. The Morgan fingerprint density at radius 2 is 1.64 bits per heavy atom. The van der Waals surface area contributed by atoms with Crippen molar-refractivity contribution in [3.8, 4) is 0 Å². The summed E-state index contributed by atoms with van der Waals surface area (Å²) in [5.41, 5.74) is 0. The van der Waals surface area contributed by atoms with Crippen LogP contribution in [0.1, 0.15) is 20.3 Å². The molecule has 84 valence electrons. The van der Waals surface area contributed by atoms with Crippen LogP contribution in [0.2, 0.25) is 0 Å². The largest absolute Gasteiger partial charge is 0.629 e. The van der Waals surface area contributed by atoms with E-state index in [1.54, 1.807) is 21.3 Å². The van der Waals surface area contributed by atoms with E-state index in [9.17, 15) is 0 Å². The lowest BCUT2D eigenvalue weighted by molar-refractivity contribution is 0.115. The van der Waals surface area contributed by atoms with E-state index >= 15 is 0 Å². The number of rotatable bonds is 7. The normalized spacial score (nSPS) is 12.7. The van der Waals surface area contributed by atoms with Crippen LogP contribution in [0.4, 0.5) is 0 Å². The summed E-state index contributed by atoms with van der Waals surface area (Å²) < 4.78 is 15.5. The minimum absolute atomic E-state index is 0.650. The van der Waals surface area contributed by atoms with Crippen molar-refractivity contribution in [2.24, 2.45) is 5.92 Å². The molecule has 1 N–H and O–H groups in total. The van der Waals surface area contributed by atoms with E-state index in [4.69, 9.17) is 13.3 Å². The molecule has 0 aromatic carbocycles. The first-order valence-electron chi connectivity index (χ1n) is 4.68. The number of hydrogen-bond donors (Lipinski definition) is 1. The summed E-state index contributed by atoms with van der Waals surface area (Å²) >= 11 is 0. The molecule has 0 unspecified atom stereocenters. The monoisotopic (exact) mass is 219 g/mol. The van der Waals surface area contributed by atoms with Crippen molar-refractivity contribution in [1.82, 2.24) is 4.98 Å². The fourth-order valence-corrected chi connectivity index (χ4v) is 2.10. The molecule has 0 saturated carbocycles. The molecule has 0 heterocycles. The predicted octanol–water partition coefficient (Wildman–Crippen LogP) is 1.51. The second-order valence-electron chi connectivity index (χ2n) is 3.34. The van der Waals surface area contributed by atoms with Gasteiger partial charge in [-0.3, -0.25) is 0 Å². The molecule has 4 nitrogen and oxygen atoms in total. The lowest BCUT2D eigenvalue weighted by Gasteiger charge is -2.22. The highest BCUT2D eigenvalue weighted by molar-refractivity contribution is 6.58. The van der Waals surface area contributed by atoms with Crippen LogP contribution in [0, 0.1) is 5.92 Å². The quantitative estimate of drug-likeness (QED) is 0.659. The summed E-state index contributed by atoms with van der Waals surface area (Å²) in [4.78, 5) is 3.03. The van der Waals surface area contributed by atoms with Crippen LogP contribution < -0.4 is 4.98 Å². The maximum absolute atomic E-state index is 5.18. The van der Waals surface area contributed by atoms with Crippen molar-refractivity contribution >= 4 is 8.97 Å². The van der Waals surface area contributed by atoms with E-state index in [1.165, 1.54) is 0 Å². The van der Waals surface area contributed by atoms with E-state index in [-0.39, 0.29) is 0 Å². The van der Waals surface area contributed by atoms with Crippen LogP contribution in [-0.4, -0.2) is 30.3 Å². The summed E-state index contributed by atoms with van der Waals surface area (Å²) in [6, 6.07) is 0. The Morgan fingerprint density at radius 3 is 2.00 bits per heavy atom. The molecule has 0 spiro atoms. The molecule has 0 rings (SSSR count). The van der Waals surface area contributed by atoms with Gasteiger partial charge in [-0.25, -0.2) is 0 Å². The first-order valence-corrected chi connectivity index (χ1v) is 6.41. The van der Waals surface area contributed by atoms with Crippen LogP contribution >= 0.6 is 0 Å². The molecule has 0 aliphatic carbocycles. The van der Waals surface area contributed by atoms with Gasteiger partial charge in [-0.1, -0.05) is 19.9 Å². The second kappa shape index (κ2) is 7.00. The first-order chi connectivity index (χ1) is 6.60. The fraction of sp³-hybridized carbons (Fsp3) is 0.778. The SMILES string of the molecule is CO[Si](NC=CCC(C)C)(OC)OC. The fourth-order valence-electron chi connectivity index (χ4n) is 0.928. The van der Waals surface area contributed by atoms with Gasteiger partial charge in [-0.15, -0.1) is 0 Å². The summed E-state index contributed by atoms with van der Waals surface area (Å²) in [6.07, 6.45) is 4.90.